The van der Waals surface area contributed by atoms with E-state index in [0.29, 0.717) is 0 Å². The van der Waals surface area contributed by atoms with Crippen LogP contribution in [-0.4, -0.2) is 22.5 Å². The van der Waals surface area contributed by atoms with Gasteiger partial charge in [0.1, 0.15) is 0 Å². The van der Waals surface area contributed by atoms with Crippen molar-refractivity contribution in [3.8, 4) is 0 Å². The third kappa shape index (κ3) is 6.28. The summed E-state index contributed by atoms with van der Waals surface area (Å²) >= 11 is 0. The Morgan fingerprint density at radius 1 is 1.27 bits per heavy atom. The third-order valence-electron chi connectivity index (χ3n) is 1.16. The standard InChI is InChI=1S/C8H17O2Si/c1-4-7-8-11(9-5-2)10-6-3/h4H,1,5-8H2,2-3H3. The molecule has 0 bridgehead atoms. The predicted molar refractivity (Wildman–Crippen MR) is 48.6 cm³/mol. The lowest BCUT2D eigenvalue weighted by Gasteiger charge is -2.11. The van der Waals surface area contributed by atoms with Crippen molar-refractivity contribution in [2.75, 3.05) is 13.2 Å². The highest BCUT2D eigenvalue weighted by molar-refractivity contribution is 6.44. The average molecular weight is 173 g/mol. The highest BCUT2D eigenvalue weighted by Gasteiger charge is 2.12. The maximum Gasteiger partial charge on any atom is 0.384 e. The Morgan fingerprint density at radius 2 is 1.82 bits per heavy atom. The fourth-order valence-corrected chi connectivity index (χ4v) is 2.18. The van der Waals surface area contributed by atoms with E-state index in [1.54, 1.807) is 0 Å². The van der Waals surface area contributed by atoms with Crippen molar-refractivity contribution in [2.24, 2.45) is 0 Å². The van der Waals surface area contributed by atoms with Crippen LogP contribution in [-0.2, 0) is 8.85 Å². The lowest BCUT2D eigenvalue weighted by molar-refractivity contribution is 0.213. The number of rotatable bonds is 7. The van der Waals surface area contributed by atoms with Crippen LogP contribution in [0, 0.1) is 0 Å². The van der Waals surface area contributed by atoms with E-state index in [9.17, 15) is 0 Å². The summed E-state index contributed by atoms with van der Waals surface area (Å²) in [6, 6.07) is 1.01. The molecular formula is C8H17O2Si. The van der Waals surface area contributed by atoms with Crippen LogP contribution in [0.15, 0.2) is 12.7 Å². The van der Waals surface area contributed by atoms with Gasteiger partial charge >= 0.3 is 9.28 Å². The summed E-state index contributed by atoms with van der Waals surface area (Å²) in [4.78, 5) is 0. The molecule has 0 aliphatic heterocycles. The molecule has 65 valence electrons. The number of allylic oxidation sites excluding steroid dienone is 1. The normalized spacial score (nSPS) is 10.5. The van der Waals surface area contributed by atoms with Crippen LogP contribution in [0.4, 0.5) is 0 Å². The first-order valence-electron chi connectivity index (χ1n) is 4.07. The van der Waals surface area contributed by atoms with Crippen LogP contribution in [0.3, 0.4) is 0 Å². The maximum absolute atomic E-state index is 5.42. The minimum atomic E-state index is -0.980. The summed E-state index contributed by atoms with van der Waals surface area (Å²) in [5, 5.41) is 0. The topological polar surface area (TPSA) is 18.5 Å². The second-order valence-corrected chi connectivity index (χ2v) is 3.89. The van der Waals surface area contributed by atoms with Gasteiger partial charge in [0.15, 0.2) is 0 Å². The van der Waals surface area contributed by atoms with E-state index < -0.39 is 9.28 Å². The van der Waals surface area contributed by atoms with Crippen LogP contribution in [0.2, 0.25) is 6.04 Å². The lowest BCUT2D eigenvalue weighted by Crippen LogP contribution is -2.22. The Morgan fingerprint density at radius 3 is 2.18 bits per heavy atom. The minimum absolute atomic E-state index is 0.755. The Labute approximate surface area is 71.1 Å². The van der Waals surface area contributed by atoms with Crippen LogP contribution >= 0.6 is 0 Å². The number of hydrogen-bond acceptors (Lipinski definition) is 2. The van der Waals surface area contributed by atoms with Gasteiger partial charge in [-0.15, -0.1) is 6.58 Å². The van der Waals surface area contributed by atoms with E-state index in [1.165, 1.54) is 0 Å². The summed E-state index contributed by atoms with van der Waals surface area (Å²) in [6.45, 7) is 9.16. The van der Waals surface area contributed by atoms with Crippen molar-refractivity contribution in [2.45, 2.75) is 26.3 Å². The Balaban J connectivity index is 3.41. The van der Waals surface area contributed by atoms with Crippen molar-refractivity contribution in [3.05, 3.63) is 12.7 Å². The fourth-order valence-electron chi connectivity index (χ4n) is 0.728. The molecule has 1 radical (unpaired) electrons. The second-order valence-electron chi connectivity index (χ2n) is 2.07. The molecule has 0 heterocycles. The predicted octanol–water partition coefficient (Wildman–Crippen LogP) is 2.12. The zero-order valence-corrected chi connectivity index (χ0v) is 8.43. The largest absolute Gasteiger partial charge is 0.394 e. The highest BCUT2D eigenvalue weighted by Crippen LogP contribution is 2.01. The van der Waals surface area contributed by atoms with E-state index in [0.717, 1.165) is 25.7 Å². The van der Waals surface area contributed by atoms with Crippen molar-refractivity contribution in [1.29, 1.82) is 0 Å². The van der Waals surface area contributed by atoms with Crippen LogP contribution in [0.25, 0.3) is 0 Å². The third-order valence-corrected chi connectivity index (χ3v) is 3.08. The van der Waals surface area contributed by atoms with Gasteiger partial charge in [0.2, 0.25) is 0 Å². The van der Waals surface area contributed by atoms with Gasteiger partial charge in [-0.1, -0.05) is 6.08 Å². The van der Waals surface area contributed by atoms with Crippen molar-refractivity contribution in [3.63, 3.8) is 0 Å². The molecule has 0 N–H and O–H groups in total. The molecule has 0 fully saturated rings. The molecule has 0 rings (SSSR count). The summed E-state index contributed by atoms with van der Waals surface area (Å²) in [5.41, 5.74) is 0. The first kappa shape index (κ1) is 10.9. The SMILES string of the molecule is C=CCC[Si](OCC)OCC. The molecule has 0 spiro atoms. The quantitative estimate of drug-likeness (QED) is 0.434. The molecule has 11 heavy (non-hydrogen) atoms. The summed E-state index contributed by atoms with van der Waals surface area (Å²) in [5.74, 6) is 0. The molecule has 0 amide bonds. The van der Waals surface area contributed by atoms with Crippen molar-refractivity contribution >= 4 is 9.28 Å². The highest BCUT2D eigenvalue weighted by atomic mass is 28.3. The van der Waals surface area contributed by atoms with Gasteiger partial charge in [0, 0.05) is 13.2 Å². The number of hydrogen-bond donors (Lipinski definition) is 0. The summed E-state index contributed by atoms with van der Waals surface area (Å²) in [7, 11) is -0.980. The van der Waals surface area contributed by atoms with Gasteiger partial charge < -0.3 is 8.85 Å². The van der Waals surface area contributed by atoms with E-state index in [2.05, 4.69) is 6.58 Å². The molecule has 0 saturated carbocycles. The van der Waals surface area contributed by atoms with Gasteiger partial charge in [-0.2, -0.15) is 0 Å². The van der Waals surface area contributed by atoms with E-state index in [4.69, 9.17) is 8.85 Å². The average Bonchev–Trinajstić information content (AvgIpc) is 2.01. The zero-order valence-electron chi connectivity index (χ0n) is 7.43. The van der Waals surface area contributed by atoms with Crippen LogP contribution in [0.1, 0.15) is 20.3 Å². The van der Waals surface area contributed by atoms with Gasteiger partial charge in [-0.3, -0.25) is 0 Å². The summed E-state index contributed by atoms with van der Waals surface area (Å²) in [6.07, 6.45) is 2.90. The molecule has 0 unspecified atom stereocenters. The second kappa shape index (κ2) is 7.98. The van der Waals surface area contributed by atoms with Gasteiger partial charge in [0.25, 0.3) is 0 Å². The smallest absolute Gasteiger partial charge is 0.384 e. The zero-order chi connectivity index (χ0) is 8.53. The van der Waals surface area contributed by atoms with Crippen LogP contribution in [0.5, 0.6) is 0 Å². The van der Waals surface area contributed by atoms with Crippen LogP contribution < -0.4 is 0 Å². The first-order valence-corrected chi connectivity index (χ1v) is 5.59. The van der Waals surface area contributed by atoms with Crippen molar-refractivity contribution in [1.82, 2.24) is 0 Å². The Bertz CT molecular complexity index is 90.1. The Hall–Kier alpha value is -0.123. The van der Waals surface area contributed by atoms with Gasteiger partial charge in [-0.25, -0.2) is 0 Å². The molecule has 0 aromatic rings. The van der Waals surface area contributed by atoms with E-state index in [-0.39, 0.29) is 0 Å². The molecule has 0 aromatic heterocycles. The molecule has 3 heteroatoms. The molecule has 0 aromatic carbocycles. The van der Waals surface area contributed by atoms with E-state index in [1.807, 2.05) is 19.9 Å². The molecule has 2 nitrogen and oxygen atoms in total. The first-order chi connectivity index (χ1) is 5.35. The lowest BCUT2D eigenvalue weighted by atomic mass is 10.5. The molecule has 0 aliphatic rings. The van der Waals surface area contributed by atoms with Gasteiger partial charge in [0.05, 0.1) is 0 Å². The molecular weight excluding hydrogens is 156 g/mol. The monoisotopic (exact) mass is 173 g/mol. The van der Waals surface area contributed by atoms with Crippen molar-refractivity contribution < 1.29 is 8.85 Å². The molecule has 0 aliphatic carbocycles. The molecule has 0 atom stereocenters. The fraction of sp³-hybridized carbons (Fsp3) is 0.750. The summed E-state index contributed by atoms with van der Waals surface area (Å²) < 4.78 is 10.8. The maximum atomic E-state index is 5.42. The van der Waals surface area contributed by atoms with E-state index >= 15 is 0 Å². The van der Waals surface area contributed by atoms with Gasteiger partial charge in [-0.05, 0) is 26.3 Å². The Kier molecular flexibility index (Phi) is 7.89. The minimum Gasteiger partial charge on any atom is -0.394 e. The molecule has 0 saturated heterocycles.